The molecule has 0 bridgehead atoms. The Bertz CT molecular complexity index is 592. The van der Waals surface area contributed by atoms with Crippen LogP contribution in [0.3, 0.4) is 0 Å². The molecule has 1 unspecified atom stereocenters. The number of anilines is 1. The van der Waals surface area contributed by atoms with Crippen molar-refractivity contribution in [2.45, 2.75) is 25.3 Å². The molecule has 0 saturated carbocycles. The van der Waals surface area contributed by atoms with Crippen LogP contribution in [0, 0.1) is 0 Å². The molecule has 1 aromatic carbocycles. The van der Waals surface area contributed by atoms with Gasteiger partial charge in [0.15, 0.2) is 0 Å². The highest BCUT2D eigenvalue weighted by Crippen LogP contribution is 2.26. The minimum Gasteiger partial charge on any atom is -0.381 e. The summed E-state index contributed by atoms with van der Waals surface area (Å²) in [6.07, 6.45) is 9.78. The molecule has 1 atom stereocenters. The van der Waals surface area contributed by atoms with Gasteiger partial charge in [0, 0.05) is 28.3 Å². The number of benzene rings is 1. The second-order valence-electron chi connectivity index (χ2n) is 4.65. The number of halogens is 1. The molecule has 1 aliphatic carbocycles. The summed E-state index contributed by atoms with van der Waals surface area (Å²) in [6.45, 7) is 0. The number of nitrogens with zero attached hydrogens (tertiary/aromatic N) is 1. The predicted molar refractivity (Wildman–Crippen MR) is 77.2 cm³/mol. The highest BCUT2D eigenvalue weighted by Gasteiger charge is 2.11. The maximum absolute atomic E-state index is 5.99. The molecular formula is C15H15ClN2. The number of rotatable bonds is 2. The third-order valence-corrected chi connectivity index (χ3v) is 3.57. The fourth-order valence-electron chi connectivity index (χ4n) is 2.39. The van der Waals surface area contributed by atoms with Gasteiger partial charge in [0.25, 0.3) is 0 Å². The molecule has 1 N–H and O–H groups in total. The summed E-state index contributed by atoms with van der Waals surface area (Å²) < 4.78 is 0. The standard InChI is InChI=1S/C15H15ClN2/c16-11-6-7-13-14(8-9-17-15(13)10-11)18-12-4-2-1-3-5-12/h1-2,6-10,12H,3-5H2,(H,17,18). The Labute approximate surface area is 112 Å². The Balaban J connectivity index is 1.93. The number of aromatic nitrogens is 1. The van der Waals surface area contributed by atoms with Gasteiger partial charge in [-0.1, -0.05) is 23.8 Å². The third-order valence-electron chi connectivity index (χ3n) is 3.33. The average molecular weight is 259 g/mol. The van der Waals surface area contributed by atoms with Crippen molar-refractivity contribution < 1.29 is 0 Å². The van der Waals surface area contributed by atoms with Crippen molar-refractivity contribution in [2.24, 2.45) is 0 Å². The molecule has 3 heteroatoms. The lowest BCUT2D eigenvalue weighted by atomic mass is 10.0. The van der Waals surface area contributed by atoms with Crippen molar-refractivity contribution in [1.82, 2.24) is 4.98 Å². The minimum absolute atomic E-state index is 0.524. The van der Waals surface area contributed by atoms with E-state index in [1.54, 1.807) is 0 Å². The molecule has 0 radical (unpaired) electrons. The van der Waals surface area contributed by atoms with Crippen molar-refractivity contribution in [1.29, 1.82) is 0 Å². The largest absolute Gasteiger partial charge is 0.381 e. The van der Waals surface area contributed by atoms with E-state index in [0.29, 0.717) is 6.04 Å². The van der Waals surface area contributed by atoms with E-state index in [4.69, 9.17) is 11.6 Å². The van der Waals surface area contributed by atoms with Gasteiger partial charge in [0.1, 0.15) is 0 Å². The molecule has 2 aromatic rings. The first kappa shape index (κ1) is 11.5. The van der Waals surface area contributed by atoms with Crippen LogP contribution < -0.4 is 5.32 Å². The van der Waals surface area contributed by atoms with E-state index in [0.717, 1.165) is 34.5 Å². The zero-order chi connectivity index (χ0) is 12.4. The summed E-state index contributed by atoms with van der Waals surface area (Å²) in [5.74, 6) is 0. The Kier molecular flexibility index (Phi) is 3.20. The monoisotopic (exact) mass is 258 g/mol. The molecule has 0 saturated heterocycles. The summed E-state index contributed by atoms with van der Waals surface area (Å²) in [5.41, 5.74) is 2.09. The third kappa shape index (κ3) is 2.34. The van der Waals surface area contributed by atoms with Crippen molar-refractivity contribution >= 4 is 28.2 Å². The van der Waals surface area contributed by atoms with Crippen LogP contribution in [0.25, 0.3) is 10.9 Å². The topological polar surface area (TPSA) is 24.9 Å². The zero-order valence-corrected chi connectivity index (χ0v) is 10.8. The number of nitrogens with one attached hydrogen (secondary N) is 1. The Morgan fingerprint density at radius 3 is 3.00 bits per heavy atom. The molecule has 1 aliphatic rings. The van der Waals surface area contributed by atoms with Crippen LogP contribution in [0.1, 0.15) is 19.3 Å². The fraction of sp³-hybridized carbons (Fsp3) is 0.267. The fourth-order valence-corrected chi connectivity index (χ4v) is 2.56. The number of hydrogen-bond donors (Lipinski definition) is 1. The van der Waals surface area contributed by atoms with Gasteiger partial charge in [-0.15, -0.1) is 0 Å². The molecule has 0 spiro atoms. The van der Waals surface area contributed by atoms with Crippen LogP contribution in [0.2, 0.25) is 5.02 Å². The average Bonchev–Trinajstić information content (AvgIpc) is 2.40. The normalized spacial score (nSPS) is 19.1. The Morgan fingerprint density at radius 2 is 2.17 bits per heavy atom. The van der Waals surface area contributed by atoms with Crippen LogP contribution in [0.5, 0.6) is 0 Å². The Hall–Kier alpha value is -1.54. The minimum atomic E-state index is 0.524. The van der Waals surface area contributed by atoms with Crippen molar-refractivity contribution in [3.05, 3.63) is 47.6 Å². The molecular weight excluding hydrogens is 244 g/mol. The van der Waals surface area contributed by atoms with E-state index < -0.39 is 0 Å². The Morgan fingerprint density at radius 1 is 1.22 bits per heavy atom. The van der Waals surface area contributed by atoms with E-state index in [1.165, 1.54) is 6.42 Å². The quantitative estimate of drug-likeness (QED) is 0.807. The predicted octanol–water partition coefficient (Wildman–Crippen LogP) is 4.41. The van der Waals surface area contributed by atoms with Crippen molar-refractivity contribution in [3.63, 3.8) is 0 Å². The molecule has 2 nitrogen and oxygen atoms in total. The van der Waals surface area contributed by atoms with Gasteiger partial charge >= 0.3 is 0 Å². The summed E-state index contributed by atoms with van der Waals surface area (Å²) in [6, 6.07) is 8.41. The van der Waals surface area contributed by atoms with Crippen molar-refractivity contribution in [2.75, 3.05) is 5.32 Å². The van der Waals surface area contributed by atoms with E-state index in [2.05, 4.69) is 22.5 Å². The van der Waals surface area contributed by atoms with E-state index in [1.807, 2.05) is 30.5 Å². The van der Waals surface area contributed by atoms with E-state index >= 15 is 0 Å². The van der Waals surface area contributed by atoms with Crippen molar-refractivity contribution in [3.8, 4) is 0 Å². The summed E-state index contributed by atoms with van der Waals surface area (Å²) in [4.78, 5) is 4.36. The van der Waals surface area contributed by atoms with Gasteiger partial charge in [-0.05, 0) is 43.5 Å². The van der Waals surface area contributed by atoms with Gasteiger partial charge in [0.2, 0.25) is 0 Å². The second-order valence-corrected chi connectivity index (χ2v) is 5.08. The molecule has 1 heterocycles. The van der Waals surface area contributed by atoms with Crippen LogP contribution in [-0.2, 0) is 0 Å². The maximum atomic E-state index is 5.99. The van der Waals surface area contributed by atoms with Gasteiger partial charge in [-0.3, -0.25) is 4.98 Å². The van der Waals surface area contributed by atoms with Gasteiger partial charge in [-0.2, -0.15) is 0 Å². The lowest BCUT2D eigenvalue weighted by molar-refractivity contribution is 0.645. The van der Waals surface area contributed by atoms with Gasteiger partial charge < -0.3 is 5.32 Å². The summed E-state index contributed by atoms with van der Waals surface area (Å²) >= 11 is 5.99. The highest BCUT2D eigenvalue weighted by molar-refractivity contribution is 6.31. The molecule has 1 aromatic heterocycles. The first-order valence-electron chi connectivity index (χ1n) is 6.29. The number of allylic oxidation sites excluding steroid dienone is 1. The highest BCUT2D eigenvalue weighted by atomic mass is 35.5. The van der Waals surface area contributed by atoms with Crippen LogP contribution >= 0.6 is 11.6 Å². The zero-order valence-electron chi connectivity index (χ0n) is 10.1. The van der Waals surface area contributed by atoms with Gasteiger partial charge in [-0.25, -0.2) is 0 Å². The SMILES string of the molecule is Clc1ccc2c(NC3CC=CCC3)ccnc2c1. The first-order chi connectivity index (χ1) is 8.83. The van der Waals surface area contributed by atoms with Crippen LogP contribution in [0.4, 0.5) is 5.69 Å². The smallest absolute Gasteiger partial charge is 0.0737 e. The molecule has 18 heavy (non-hydrogen) atoms. The molecule has 0 aliphatic heterocycles. The lowest BCUT2D eigenvalue weighted by Crippen LogP contribution is -2.20. The lowest BCUT2D eigenvalue weighted by Gasteiger charge is -2.21. The molecule has 92 valence electrons. The van der Waals surface area contributed by atoms with E-state index in [9.17, 15) is 0 Å². The molecule has 3 rings (SSSR count). The number of fused-ring (bicyclic) bond motifs is 1. The molecule has 0 amide bonds. The van der Waals surface area contributed by atoms with E-state index in [-0.39, 0.29) is 0 Å². The first-order valence-corrected chi connectivity index (χ1v) is 6.66. The number of hydrogen-bond acceptors (Lipinski definition) is 2. The summed E-state index contributed by atoms with van der Waals surface area (Å²) in [5, 5.41) is 5.47. The molecule has 0 fully saturated rings. The second kappa shape index (κ2) is 4.99. The van der Waals surface area contributed by atoms with Gasteiger partial charge in [0.05, 0.1) is 5.52 Å². The van der Waals surface area contributed by atoms with Crippen LogP contribution in [0.15, 0.2) is 42.6 Å². The van der Waals surface area contributed by atoms with Crippen LogP contribution in [-0.4, -0.2) is 11.0 Å². The number of pyridine rings is 1. The summed E-state index contributed by atoms with van der Waals surface area (Å²) in [7, 11) is 0. The maximum Gasteiger partial charge on any atom is 0.0737 e.